The van der Waals surface area contributed by atoms with Gasteiger partial charge in [0.1, 0.15) is 11.6 Å². The van der Waals surface area contributed by atoms with Crippen molar-refractivity contribution < 1.29 is 13.6 Å². The topological polar surface area (TPSA) is 44.4 Å². The Morgan fingerprint density at radius 1 is 1.25 bits per heavy atom. The minimum absolute atomic E-state index is 0. The quantitative estimate of drug-likeness (QED) is 0.872. The maximum absolute atomic E-state index is 13.7. The number of amides is 1. The smallest absolute Gasteiger partial charge is 0.238 e. The van der Waals surface area contributed by atoms with Gasteiger partial charge in [0.2, 0.25) is 5.91 Å². The van der Waals surface area contributed by atoms with E-state index in [1.165, 1.54) is 19.3 Å². The molecule has 4 nitrogen and oxygen atoms in total. The number of benzene rings is 1. The highest BCUT2D eigenvalue weighted by atomic mass is 35.5. The van der Waals surface area contributed by atoms with Crippen LogP contribution in [-0.2, 0) is 4.79 Å². The number of nitrogens with zero attached hydrogens (tertiary/aromatic N) is 1. The first-order valence-corrected chi connectivity index (χ1v) is 8.30. The largest absolute Gasteiger partial charge is 0.322 e. The van der Waals surface area contributed by atoms with Gasteiger partial charge in [0, 0.05) is 31.2 Å². The summed E-state index contributed by atoms with van der Waals surface area (Å²) in [6.45, 7) is 2.77. The van der Waals surface area contributed by atoms with Gasteiger partial charge in [-0.3, -0.25) is 9.69 Å². The van der Waals surface area contributed by atoms with Crippen LogP contribution in [0.5, 0.6) is 0 Å². The van der Waals surface area contributed by atoms with Crippen LogP contribution >= 0.6 is 12.4 Å². The van der Waals surface area contributed by atoms with Gasteiger partial charge in [0.25, 0.3) is 0 Å². The Hall–Kier alpha value is -1.24. The van der Waals surface area contributed by atoms with Crippen LogP contribution in [0, 0.1) is 11.6 Å². The molecular formula is C17H24ClF2N3O. The summed E-state index contributed by atoms with van der Waals surface area (Å²) in [7, 11) is 0. The summed E-state index contributed by atoms with van der Waals surface area (Å²) in [5, 5.41) is 5.94. The Morgan fingerprint density at radius 2 is 2.00 bits per heavy atom. The van der Waals surface area contributed by atoms with Crippen LogP contribution in [0.25, 0.3) is 0 Å². The third-order valence-electron chi connectivity index (χ3n) is 5.00. The number of anilines is 1. The number of carbonyl (C=O) groups excluding carboxylic acids is 1. The van der Waals surface area contributed by atoms with Crippen LogP contribution in [-0.4, -0.2) is 42.5 Å². The molecule has 1 aromatic carbocycles. The van der Waals surface area contributed by atoms with E-state index in [-0.39, 0.29) is 36.1 Å². The van der Waals surface area contributed by atoms with Gasteiger partial charge in [-0.15, -0.1) is 12.4 Å². The van der Waals surface area contributed by atoms with E-state index < -0.39 is 11.6 Å². The summed E-state index contributed by atoms with van der Waals surface area (Å²) in [6, 6.07) is 3.08. The summed E-state index contributed by atoms with van der Waals surface area (Å²) >= 11 is 0. The number of rotatable bonds is 3. The molecular weight excluding hydrogens is 336 g/mol. The zero-order valence-corrected chi connectivity index (χ0v) is 14.4. The van der Waals surface area contributed by atoms with Gasteiger partial charge in [-0.05, 0) is 25.0 Å². The predicted molar refractivity (Wildman–Crippen MR) is 92.5 cm³/mol. The van der Waals surface area contributed by atoms with Gasteiger partial charge in [-0.25, -0.2) is 8.78 Å². The molecule has 1 aliphatic heterocycles. The molecule has 1 saturated heterocycles. The zero-order chi connectivity index (χ0) is 16.3. The Kier molecular flexibility index (Phi) is 6.54. The van der Waals surface area contributed by atoms with Crippen LogP contribution in [0.1, 0.15) is 32.1 Å². The third-order valence-corrected chi connectivity index (χ3v) is 5.00. The average Bonchev–Trinajstić information content (AvgIpc) is 2.54. The highest BCUT2D eigenvalue weighted by Crippen LogP contribution is 2.34. The van der Waals surface area contributed by atoms with Crippen LogP contribution in [0.3, 0.4) is 0 Å². The van der Waals surface area contributed by atoms with Crippen molar-refractivity contribution in [1.29, 1.82) is 0 Å². The molecule has 3 rings (SSSR count). The number of carbonyl (C=O) groups is 1. The van der Waals surface area contributed by atoms with Crippen molar-refractivity contribution in [2.45, 2.75) is 37.6 Å². The minimum Gasteiger partial charge on any atom is -0.322 e. The van der Waals surface area contributed by atoms with Gasteiger partial charge in [0.15, 0.2) is 0 Å². The lowest BCUT2D eigenvalue weighted by atomic mass is 9.79. The summed E-state index contributed by atoms with van der Waals surface area (Å²) in [5.74, 6) is -1.47. The standard InChI is InChI=1S/C17H23F2N3O.ClH/c18-13-4-5-14(19)15(10-13)21-16(23)11-22-9-8-20-12-17(22)6-2-1-3-7-17;/h4-5,10,20H,1-3,6-9,11-12H2,(H,21,23);1H. The highest BCUT2D eigenvalue weighted by molar-refractivity contribution is 5.92. The van der Waals surface area contributed by atoms with E-state index >= 15 is 0 Å². The van der Waals surface area contributed by atoms with E-state index in [2.05, 4.69) is 15.5 Å². The Labute approximate surface area is 147 Å². The number of hydrogen-bond donors (Lipinski definition) is 2. The second-order valence-corrected chi connectivity index (χ2v) is 6.56. The fourth-order valence-electron chi connectivity index (χ4n) is 3.79. The first-order valence-electron chi connectivity index (χ1n) is 8.30. The van der Waals surface area contributed by atoms with Gasteiger partial charge < -0.3 is 10.6 Å². The monoisotopic (exact) mass is 359 g/mol. The van der Waals surface area contributed by atoms with Gasteiger partial charge in [-0.2, -0.15) is 0 Å². The van der Waals surface area contributed by atoms with Gasteiger partial charge in [-0.1, -0.05) is 19.3 Å². The van der Waals surface area contributed by atoms with E-state index in [0.29, 0.717) is 0 Å². The van der Waals surface area contributed by atoms with Crippen molar-refractivity contribution in [2.75, 3.05) is 31.5 Å². The van der Waals surface area contributed by atoms with Crippen LogP contribution in [0.15, 0.2) is 18.2 Å². The molecule has 0 unspecified atom stereocenters. The number of piperazine rings is 1. The molecule has 1 aliphatic carbocycles. The molecule has 1 heterocycles. The SMILES string of the molecule is Cl.O=C(CN1CCNCC12CCCCC2)Nc1cc(F)ccc1F. The minimum atomic E-state index is -0.618. The third kappa shape index (κ3) is 4.23. The summed E-state index contributed by atoms with van der Waals surface area (Å²) in [5.41, 5.74) is -0.0586. The van der Waals surface area contributed by atoms with Gasteiger partial charge >= 0.3 is 0 Å². The lowest BCUT2D eigenvalue weighted by molar-refractivity contribution is -0.120. The van der Waals surface area contributed by atoms with Crippen LogP contribution < -0.4 is 10.6 Å². The summed E-state index contributed by atoms with van der Waals surface area (Å²) in [6.07, 6.45) is 5.77. The molecule has 2 aliphatic rings. The number of halogens is 3. The van der Waals surface area contributed by atoms with Crippen molar-refractivity contribution >= 4 is 24.0 Å². The molecule has 0 aromatic heterocycles. The average molecular weight is 360 g/mol. The van der Waals surface area contributed by atoms with Crippen molar-refractivity contribution in [3.8, 4) is 0 Å². The molecule has 134 valence electrons. The van der Waals surface area contributed by atoms with E-state index in [4.69, 9.17) is 0 Å². The first-order chi connectivity index (χ1) is 11.1. The van der Waals surface area contributed by atoms with Crippen molar-refractivity contribution in [1.82, 2.24) is 10.2 Å². The summed E-state index contributed by atoms with van der Waals surface area (Å²) in [4.78, 5) is 14.5. The van der Waals surface area contributed by atoms with Gasteiger partial charge in [0.05, 0.1) is 12.2 Å². The number of nitrogens with one attached hydrogen (secondary N) is 2. The van der Waals surface area contributed by atoms with Crippen molar-refractivity contribution in [3.63, 3.8) is 0 Å². The maximum Gasteiger partial charge on any atom is 0.238 e. The lowest BCUT2D eigenvalue weighted by Gasteiger charge is -2.49. The molecule has 0 atom stereocenters. The first kappa shape index (κ1) is 19.1. The Morgan fingerprint density at radius 3 is 2.75 bits per heavy atom. The molecule has 2 N–H and O–H groups in total. The molecule has 7 heteroatoms. The van der Waals surface area contributed by atoms with E-state index in [1.54, 1.807) is 0 Å². The highest BCUT2D eigenvalue weighted by Gasteiger charge is 2.40. The molecule has 0 bridgehead atoms. The molecule has 1 amide bonds. The molecule has 0 radical (unpaired) electrons. The second kappa shape index (κ2) is 8.23. The lowest BCUT2D eigenvalue weighted by Crippen LogP contribution is -2.63. The van der Waals surface area contributed by atoms with E-state index in [1.807, 2.05) is 0 Å². The molecule has 1 aromatic rings. The Bertz CT molecular complexity index is 571. The predicted octanol–water partition coefficient (Wildman–Crippen LogP) is 2.93. The maximum atomic E-state index is 13.7. The van der Waals surface area contributed by atoms with Crippen LogP contribution in [0.4, 0.5) is 14.5 Å². The molecule has 24 heavy (non-hydrogen) atoms. The summed E-state index contributed by atoms with van der Waals surface area (Å²) < 4.78 is 26.9. The van der Waals surface area contributed by atoms with Crippen molar-refractivity contribution in [2.24, 2.45) is 0 Å². The van der Waals surface area contributed by atoms with E-state index in [9.17, 15) is 13.6 Å². The zero-order valence-electron chi connectivity index (χ0n) is 13.6. The van der Waals surface area contributed by atoms with E-state index in [0.717, 1.165) is 50.7 Å². The normalized spacial score (nSPS) is 20.4. The second-order valence-electron chi connectivity index (χ2n) is 6.56. The molecule has 1 spiro atoms. The Balaban J connectivity index is 0.00000208. The number of hydrogen-bond acceptors (Lipinski definition) is 3. The van der Waals surface area contributed by atoms with Crippen LogP contribution in [0.2, 0.25) is 0 Å². The molecule has 2 fully saturated rings. The van der Waals surface area contributed by atoms with Crippen molar-refractivity contribution in [3.05, 3.63) is 29.8 Å². The fourth-order valence-corrected chi connectivity index (χ4v) is 3.79. The molecule has 1 saturated carbocycles. The fraction of sp³-hybridized carbons (Fsp3) is 0.588.